The normalized spacial score (nSPS) is 51.0. The summed E-state index contributed by atoms with van der Waals surface area (Å²) in [7, 11) is 0. The molecule has 0 radical (unpaired) electrons. The fourth-order valence-electron chi connectivity index (χ4n) is 2.00. The van der Waals surface area contributed by atoms with E-state index in [1.807, 2.05) is 0 Å². The largest absolute Gasteiger partial charge is 0.373 e. The first-order valence-corrected chi connectivity index (χ1v) is 3.55. The van der Waals surface area contributed by atoms with Crippen LogP contribution in [0.5, 0.6) is 0 Å². The third-order valence-corrected chi connectivity index (χ3v) is 2.59. The van der Waals surface area contributed by atoms with E-state index < -0.39 is 0 Å². The molecule has 2 N–H and O–H groups in total. The first kappa shape index (κ1) is 8.31. The van der Waals surface area contributed by atoms with Crippen LogP contribution in [-0.4, -0.2) is 17.7 Å². The highest BCUT2D eigenvalue weighted by Crippen LogP contribution is 2.44. The van der Waals surface area contributed by atoms with Gasteiger partial charge in [-0.05, 0) is 26.2 Å². The molecule has 3 heteroatoms. The van der Waals surface area contributed by atoms with E-state index in [9.17, 15) is 0 Å². The van der Waals surface area contributed by atoms with Gasteiger partial charge in [0, 0.05) is 5.54 Å². The molecule has 2 fully saturated rings. The molecular formula is C7H14ClNO. The zero-order valence-electron chi connectivity index (χ0n) is 6.22. The number of fused-ring (bicyclic) bond motifs is 2. The minimum Gasteiger partial charge on any atom is -0.373 e. The SMILES string of the molecule is C[C@@]12CC[C@@](N)(CO1)C2.Cl. The zero-order chi connectivity index (χ0) is 6.54. The van der Waals surface area contributed by atoms with Crippen LogP contribution in [0.25, 0.3) is 0 Å². The number of halogens is 1. The Hall–Kier alpha value is 0.210. The van der Waals surface area contributed by atoms with Gasteiger partial charge in [-0.3, -0.25) is 0 Å². The monoisotopic (exact) mass is 163 g/mol. The first-order chi connectivity index (χ1) is 4.12. The van der Waals surface area contributed by atoms with Gasteiger partial charge in [0.15, 0.2) is 0 Å². The van der Waals surface area contributed by atoms with Crippen LogP contribution < -0.4 is 5.73 Å². The molecule has 1 heterocycles. The maximum atomic E-state index is 5.96. The molecule has 1 saturated carbocycles. The van der Waals surface area contributed by atoms with Crippen LogP contribution in [0.1, 0.15) is 26.2 Å². The first-order valence-electron chi connectivity index (χ1n) is 3.55. The van der Waals surface area contributed by atoms with Gasteiger partial charge >= 0.3 is 0 Å². The number of nitrogens with two attached hydrogens (primary N) is 1. The van der Waals surface area contributed by atoms with Crippen LogP contribution in [0.15, 0.2) is 0 Å². The third-order valence-electron chi connectivity index (χ3n) is 2.59. The van der Waals surface area contributed by atoms with E-state index in [-0.39, 0.29) is 23.5 Å². The average molecular weight is 164 g/mol. The van der Waals surface area contributed by atoms with E-state index in [2.05, 4.69) is 6.92 Å². The third kappa shape index (κ3) is 1.04. The standard InChI is InChI=1S/C7H13NO.ClH/c1-6-2-3-7(8,4-6)5-9-6;/h2-5,8H2,1H3;1H/t6-,7-;/m0./s1. The Morgan fingerprint density at radius 2 is 2.10 bits per heavy atom. The van der Waals surface area contributed by atoms with Gasteiger partial charge in [-0.15, -0.1) is 12.4 Å². The smallest absolute Gasteiger partial charge is 0.0674 e. The van der Waals surface area contributed by atoms with E-state index in [1.165, 1.54) is 0 Å². The van der Waals surface area contributed by atoms with Crippen molar-refractivity contribution in [2.24, 2.45) is 5.73 Å². The molecule has 10 heavy (non-hydrogen) atoms. The second-order valence-electron chi connectivity index (χ2n) is 3.78. The summed E-state index contributed by atoms with van der Waals surface area (Å²) in [5.41, 5.74) is 6.16. The molecule has 0 aromatic heterocycles. The second-order valence-corrected chi connectivity index (χ2v) is 3.78. The molecular weight excluding hydrogens is 150 g/mol. The highest BCUT2D eigenvalue weighted by atomic mass is 35.5. The summed E-state index contributed by atoms with van der Waals surface area (Å²) in [6, 6.07) is 0. The van der Waals surface area contributed by atoms with E-state index in [0.717, 1.165) is 25.9 Å². The lowest BCUT2D eigenvalue weighted by atomic mass is 10.0. The number of hydrogen-bond acceptors (Lipinski definition) is 2. The summed E-state index contributed by atoms with van der Waals surface area (Å²) < 4.78 is 5.52. The highest BCUT2D eigenvalue weighted by molar-refractivity contribution is 5.85. The summed E-state index contributed by atoms with van der Waals surface area (Å²) in [5, 5.41) is 0. The Balaban J connectivity index is 0.000000500. The molecule has 2 aliphatic rings. The Labute approximate surface area is 67.5 Å². The predicted octanol–water partition coefficient (Wildman–Crippen LogP) is 1.08. The fraction of sp³-hybridized carbons (Fsp3) is 1.00. The van der Waals surface area contributed by atoms with E-state index >= 15 is 0 Å². The topological polar surface area (TPSA) is 35.2 Å². The number of hydrogen-bond donors (Lipinski definition) is 1. The van der Waals surface area contributed by atoms with Gasteiger partial charge in [-0.2, -0.15) is 0 Å². The van der Waals surface area contributed by atoms with Crippen molar-refractivity contribution in [3.63, 3.8) is 0 Å². The van der Waals surface area contributed by atoms with Gasteiger partial charge in [0.2, 0.25) is 0 Å². The lowest BCUT2D eigenvalue weighted by molar-refractivity contribution is -0.00509. The van der Waals surface area contributed by atoms with Crippen molar-refractivity contribution in [1.82, 2.24) is 0 Å². The summed E-state index contributed by atoms with van der Waals surface area (Å²) in [4.78, 5) is 0. The Kier molecular flexibility index (Phi) is 1.74. The maximum absolute atomic E-state index is 5.96. The van der Waals surface area contributed by atoms with Crippen LogP contribution in [0.4, 0.5) is 0 Å². The number of ether oxygens (including phenoxy) is 1. The van der Waals surface area contributed by atoms with Crippen molar-refractivity contribution >= 4 is 12.4 Å². The lowest BCUT2D eigenvalue weighted by Gasteiger charge is -2.22. The Bertz CT molecular complexity index is 125. The van der Waals surface area contributed by atoms with Crippen LogP contribution >= 0.6 is 12.4 Å². The molecule has 0 amide bonds. The van der Waals surface area contributed by atoms with Gasteiger partial charge in [0.25, 0.3) is 0 Å². The molecule has 2 bridgehead atoms. The quantitative estimate of drug-likeness (QED) is 0.580. The molecule has 2 rings (SSSR count). The number of rotatable bonds is 0. The molecule has 60 valence electrons. The lowest BCUT2D eigenvalue weighted by Crippen LogP contribution is -2.38. The Morgan fingerprint density at radius 3 is 2.20 bits per heavy atom. The van der Waals surface area contributed by atoms with Crippen molar-refractivity contribution in [3.8, 4) is 0 Å². The summed E-state index contributed by atoms with van der Waals surface area (Å²) in [6.45, 7) is 2.94. The van der Waals surface area contributed by atoms with E-state index in [0.29, 0.717) is 0 Å². The minimum absolute atomic E-state index is 0. The molecule has 0 aromatic carbocycles. The fourth-order valence-corrected chi connectivity index (χ4v) is 2.00. The van der Waals surface area contributed by atoms with Crippen molar-refractivity contribution in [3.05, 3.63) is 0 Å². The second kappa shape index (κ2) is 2.10. The van der Waals surface area contributed by atoms with Gasteiger partial charge < -0.3 is 10.5 Å². The van der Waals surface area contributed by atoms with Crippen molar-refractivity contribution < 1.29 is 4.74 Å². The van der Waals surface area contributed by atoms with Crippen molar-refractivity contribution in [2.45, 2.75) is 37.3 Å². The van der Waals surface area contributed by atoms with Gasteiger partial charge in [-0.1, -0.05) is 0 Å². The zero-order valence-corrected chi connectivity index (χ0v) is 7.04. The van der Waals surface area contributed by atoms with Crippen LogP contribution in [0.3, 0.4) is 0 Å². The van der Waals surface area contributed by atoms with E-state index in [1.54, 1.807) is 0 Å². The van der Waals surface area contributed by atoms with Crippen LogP contribution in [0, 0.1) is 0 Å². The molecule has 1 aliphatic heterocycles. The van der Waals surface area contributed by atoms with Crippen LogP contribution in [-0.2, 0) is 4.74 Å². The maximum Gasteiger partial charge on any atom is 0.0674 e. The molecule has 0 aromatic rings. The molecule has 2 atom stereocenters. The van der Waals surface area contributed by atoms with Crippen molar-refractivity contribution in [2.75, 3.05) is 6.61 Å². The summed E-state index contributed by atoms with van der Waals surface area (Å²) in [5.74, 6) is 0. The van der Waals surface area contributed by atoms with Crippen LogP contribution in [0.2, 0.25) is 0 Å². The highest BCUT2D eigenvalue weighted by Gasteiger charge is 2.50. The minimum atomic E-state index is 0. The molecule has 0 spiro atoms. The van der Waals surface area contributed by atoms with Gasteiger partial charge in [-0.25, -0.2) is 0 Å². The average Bonchev–Trinajstić information content (AvgIpc) is 2.19. The molecule has 1 aliphatic carbocycles. The summed E-state index contributed by atoms with van der Waals surface area (Å²) >= 11 is 0. The van der Waals surface area contributed by atoms with E-state index in [4.69, 9.17) is 10.5 Å². The Morgan fingerprint density at radius 1 is 1.40 bits per heavy atom. The van der Waals surface area contributed by atoms with Gasteiger partial charge in [0.1, 0.15) is 0 Å². The molecule has 1 saturated heterocycles. The molecule has 2 nitrogen and oxygen atoms in total. The molecule has 0 unspecified atom stereocenters. The van der Waals surface area contributed by atoms with Gasteiger partial charge in [0.05, 0.1) is 12.2 Å². The predicted molar refractivity (Wildman–Crippen MR) is 42.4 cm³/mol. The van der Waals surface area contributed by atoms with Crippen molar-refractivity contribution in [1.29, 1.82) is 0 Å². The summed E-state index contributed by atoms with van der Waals surface area (Å²) in [6.07, 6.45) is 3.38.